The van der Waals surface area contributed by atoms with Gasteiger partial charge in [-0.2, -0.15) is 0 Å². The first-order valence-electron chi connectivity index (χ1n) is 9.02. The van der Waals surface area contributed by atoms with E-state index >= 15 is 0 Å². The molecule has 0 aliphatic carbocycles. The van der Waals surface area contributed by atoms with E-state index in [1.54, 1.807) is 6.08 Å². The minimum Gasteiger partial charge on any atom is -0.103 e. The topological polar surface area (TPSA) is 0 Å². The van der Waals surface area contributed by atoms with Crippen LogP contribution in [0.2, 0.25) is 0 Å². The van der Waals surface area contributed by atoms with Gasteiger partial charge < -0.3 is 0 Å². The minimum absolute atomic E-state index is 1.19. The van der Waals surface area contributed by atoms with Crippen LogP contribution in [0, 0.1) is 0 Å². The van der Waals surface area contributed by atoms with Crippen LogP contribution in [-0.2, 0) is 0 Å². The molecule has 0 fully saturated rings. The minimum atomic E-state index is 1.19. The van der Waals surface area contributed by atoms with Crippen LogP contribution in [0.1, 0.15) is 92.9 Å². The normalized spacial score (nSPS) is 9.00. The summed E-state index contributed by atoms with van der Waals surface area (Å²) in [4.78, 5) is 0. The SMILES string of the molecule is C/C=C/C.C/C=C/CCCCC.C=CC.C=CCCCCC. The van der Waals surface area contributed by atoms with E-state index in [2.05, 4.69) is 46.1 Å². The van der Waals surface area contributed by atoms with Crippen LogP contribution >= 0.6 is 0 Å². The summed E-state index contributed by atoms with van der Waals surface area (Å²) < 4.78 is 0. The Morgan fingerprint density at radius 2 is 1.05 bits per heavy atom. The van der Waals surface area contributed by atoms with E-state index in [1.807, 2.05) is 39.0 Å². The Balaban J connectivity index is -0.000000105. The Kier molecular flexibility index (Phi) is 56.4. The van der Waals surface area contributed by atoms with Crippen molar-refractivity contribution in [1.29, 1.82) is 0 Å². The highest BCUT2D eigenvalue weighted by Crippen LogP contribution is 1.98. The van der Waals surface area contributed by atoms with Gasteiger partial charge in [0, 0.05) is 0 Å². The highest BCUT2D eigenvalue weighted by Gasteiger charge is 1.78. The van der Waals surface area contributed by atoms with Gasteiger partial charge in [0.1, 0.15) is 0 Å². The summed E-state index contributed by atoms with van der Waals surface area (Å²) in [6.07, 6.45) is 22.6. The summed E-state index contributed by atoms with van der Waals surface area (Å²) in [5.74, 6) is 0. The second-order valence-corrected chi connectivity index (χ2v) is 4.92. The highest BCUT2D eigenvalue weighted by molar-refractivity contribution is 4.75. The molecule has 0 spiro atoms. The maximum Gasteiger partial charge on any atom is -0.0351 e. The quantitative estimate of drug-likeness (QED) is 0.311. The average Bonchev–Trinajstić information content (AvgIpc) is 2.54. The van der Waals surface area contributed by atoms with Gasteiger partial charge in [-0.1, -0.05) is 76.0 Å². The largest absolute Gasteiger partial charge is 0.103 e. The van der Waals surface area contributed by atoms with Crippen LogP contribution in [0.4, 0.5) is 0 Å². The second-order valence-electron chi connectivity index (χ2n) is 4.92. The molecule has 0 aliphatic rings. The van der Waals surface area contributed by atoms with E-state index in [1.165, 1.54) is 51.4 Å². The third-order valence-electron chi connectivity index (χ3n) is 2.56. The maximum absolute atomic E-state index is 3.63. The molecule has 0 saturated carbocycles. The van der Waals surface area contributed by atoms with E-state index in [0.29, 0.717) is 0 Å². The molecule has 0 radical (unpaired) electrons. The summed E-state index contributed by atoms with van der Waals surface area (Å²) in [5, 5.41) is 0. The predicted octanol–water partition coefficient (Wildman–Crippen LogP) is 8.67. The number of hydrogen-bond donors (Lipinski definition) is 0. The second kappa shape index (κ2) is 42.7. The molecule has 0 bridgehead atoms. The van der Waals surface area contributed by atoms with Gasteiger partial charge in [0.05, 0.1) is 0 Å². The molecule has 132 valence electrons. The van der Waals surface area contributed by atoms with Crippen molar-refractivity contribution in [2.24, 2.45) is 0 Å². The molecule has 0 N–H and O–H groups in total. The Hall–Kier alpha value is -1.04. The number of allylic oxidation sites excluding steroid dienone is 6. The summed E-state index contributed by atoms with van der Waals surface area (Å²) in [6, 6.07) is 0. The third kappa shape index (κ3) is 76.2. The lowest BCUT2D eigenvalue weighted by Gasteiger charge is -1.88. The first kappa shape index (κ1) is 29.0. The van der Waals surface area contributed by atoms with Crippen LogP contribution in [0.3, 0.4) is 0 Å². The lowest BCUT2D eigenvalue weighted by atomic mass is 10.2. The van der Waals surface area contributed by atoms with Gasteiger partial charge in [-0.15, -0.1) is 13.2 Å². The van der Waals surface area contributed by atoms with Crippen molar-refractivity contribution in [3.63, 3.8) is 0 Å². The summed E-state index contributed by atoms with van der Waals surface area (Å²) in [5.41, 5.74) is 0. The average molecular weight is 309 g/mol. The Morgan fingerprint density at radius 1 is 0.636 bits per heavy atom. The van der Waals surface area contributed by atoms with E-state index in [0.717, 1.165) is 0 Å². The highest BCUT2D eigenvalue weighted by atomic mass is 13.8. The molecule has 0 saturated heterocycles. The van der Waals surface area contributed by atoms with E-state index in [9.17, 15) is 0 Å². The van der Waals surface area contributed by atoms with Gasteiger partial charge in [-0.3, -0.25) is 0 Å². The monoisotopic (exact) mass is 308 g/mol. The van der Waals surface area contributed by atoms with Crippen LogP contribution in [-0.4, -0.2) is 0 Å². The number of hydrogen-bond acceptors (Lipinski definition) is 0. The smallest absolute Gasteiger partial charge is 0.0351 e. The molecule has 22 heavy (non-hydrogen) atoms. The molecule has 0 aliphatic heterocycles. The van der Waals surface area contributed by atoms with E-state index in [4.69, 9.17) is 0 Å². The van der Waals surface area contributed by atoms with E-state index < -0.39 is 0 Å². The van der Waals surface area contributed by atoms with Gasteiger partial charge in [0.2, 0.25) is 0 Å². The predicted molar refractivity (Wildman–Crippen MR) is 110 cm³/mol. The van der Waals surface area contributed by atoms with Crippen molar-refractivity contribution in [3.05, 3.63) is 49.6 Å². The molecule has 0 aromatic heterocycles. The molecular weight excluding hydrogens is 264 g/mol. The lowest BCUT2D eigenvalue weighted by molar-refractivity contribution is 0.729. The fraction of sp³-hybridized carbons (Fsp3) is 0.636. The van der Waals surface area contributed by atoms with Crippen molar-refractivity contribution in [1.82, 2.24) is 0 Å². The van der Waals surface area contributed by atoms with Gasteiger partial charge in [0.25, 0.3) is 0 Å². The van der Waals surface area contributed by atoms with Crippen molar-refractivity contribution < 1.29 is 0 Å². The van der Waals surface area contributed by atoms with E-state index in [-0.39, 0.29) is 0 Å². The maximum atomic E-state index is 3.63. The molecule has 0 unspecified atom stereocenters. The number of rotatable bonds is 8. The van der Waals surface area contributed by atoms with Crippen molar-refractivity contribution in [2.75, 3.05) is 0 Å². The Morgan fingerprint density at radius 3 is 1.32 bits per heavy atom. The van der Waals surface area contributed by atoms with Crippen molar-refractivity contribution in [2.45, 2.75) is 92.9 Å². The zero-order valence-corrected chi connectivity index (χ0v) is 16.5. The molecule has 0 atom stereocenters. The fourth-order valence-electron chi connectivity index (χ4n) is 1.22. The van der Waals surface area contributed by atoms with Gasteiger partial charge in [-0.25, -0.2) is 0 Å². The molecule has 0 aromatic rings. The van der Waals surface area contributed by atoms with Crippen LogP contribution in [0.5, 0.6) is 0 Å². The van der Waals surface area contributed by atoms with Crippen molar-refractivity contribution >= 4 is 0 Å². The summed E-state index contributed by atoms with van der Waals surface area (Å²) >= 11 is 0. The molecule has 0 rings (SSSR count). The van der Waals surface area contributed by atoms with Crippen LogP contribution < -0.4 is 0 Å². The zero-order chi connectivity index (χ0) is 17.9. The van der Waals surface area contributed by atoms with Gasteiger partial charge in [-0.05, 0) is 53.4 Å². The summed E-state index contributed by atoms with van der Waals surface area (Å²) in [6.45, 7) is 19.4. The molecule has 0 nitrogen and oxygen atoms in total. The van der Waals surface area contributed by atoms with Crippen LogP contribution in [0.15, 0.2) is 49.6 Å². The van der Waals surface area contributed by atoms with Gasteiger partial charge >= 0.3 is 0 Å². The first-order valence-corrected chi connectivity index (χ1v) is 9.02. The number of unbranched alkanes of at least 4 members (excludes halogenated alkanes) is 6. The first-order chi connectivity index (χ1) is 10.7. The zero-order valence-electron chi connectivity index (χ0n) is 16.5. The molecular formula is C22H44. The molecule has 0 aromatic carbocycles. The fourth-order valence-corrected chi connectivity index (χ4v) is 1.22. The lowest BCUT2D eigenvalue weighted by Crippen LogP contribution is -1.68. The summed E-state index contributed by atoms with van der Waals surface area (Å²) in [7, 11) is 0. The Bertz CT molecular complexity index is 204. The van der Waals surface area contributed by atoms with Gasteiger partial charge in [0.15, 0.2) is 0 Å². The standard InChI is InChI=1S/C8H16.C7H14.C4H8.C3H6/c1-3-5-7-8-6-4-2;1-3-5-7-6-4-2;1-3-4-2;1-3-2/h3,5H,4,6-8H2,1-2H3;3H,1,4-7H2,2H3;3-4H,1-2H3;3H,1H2,2H3/b5-3+;;4-3+;. The Labute approximate surface area is 143 Å². The molecule has 0 heterocycles. The third-order valence-corrected chi connectivity index (χ3v) is 2.56. The van der Waals surface area contributed by atoms with Crippen LogP contribution in [0.25, 0.3) is 0 Å². The molecule has 0 amide bonds. The van der Waals surface area contributed by atoms with Crippen molar-refractivity contribution in [3.8, 4) is 0 Å². The molecule has 0 heteroatoms.